The molecule has 0 aromatic heterocycles. The largest absolute Gasteiger partial charge is 0.478 e. The Morgan fingerprint density at radius 3 is 2.42 bits per heavy atom. The standard InChI is InChI=1S/C13H8ClNO4/c14-12-4-2-1-3-10(12)9-6-5-8(15(18)19)7-11(9)13(16)17/h1-7H,(H,16,17). The Labute approximate surface area is 113 Å². The van der Waals surface area contributed by atoms with Crippen molar-refractivity contribution >= 4 is 23.3 Å². The number of nitro benzene ring substituents is 1. The lowest BCUT2D eigenvalue weighted by atomic mass is 9.99. The van der Waals surface area contributed by atoms with Crippen molar-refractivity contribution in [3.8, 4) is 11.1 Å². The topological polar surface area (TPSA) is 80.4 Å². The van der Waals surface area contributed by atoms with E-state index >= 15 is 0 Å². The fourth-order valence-electron chi connectivity index (χ4n) is 1.74. The van der Waals surface area contributed by atoms with Crippen molar-refractivity contribution in [2.75, 3.05) is 0 Å². The fourth-order valence-corrected chi connectivity index (χ4v) is 1.97. The van der Waals surface area contributed by atoms with Gasteiger partial charge in [-0.2, -0.15) is 0 Å². The molecule has 0 aliphatic carbocycles. The summed E-state index contributed by atoms with van der Waals surface area (Å²) in [6, 6.07) is 10.4. The highest BCUT2D eigenvalue weighted by molar-refractivity contribution is 6.33. The molecule has 96 valence electrons. The number of nitro groups is 1. The number of carboxylic acid groups (broad SMARTS) is 1. The Kier molecular flexibility index (Phi) is 3.48. The molecule has 0 heterocycles. The van der Waals surface area contributed by atoms with E-state index in [0.717, 1.165) is 6.07 Å². The second-order valence-electron chi connectivity index (χ2n) is 3.77. The lowest BCUT2D eigenvalue weighted by Gasteiger charge is -2.07. The first kappa shape index (κ1) is 13.0. The molecule has 0 fully saturated rings. The van der Waals surface area contributed by atoms with Gasteiger partial charge in [-0.1, -0.05) is 29.8 Å². The van der Waals surface area contributed by atoms with Gasteiger partial charge in [0.1, 0.15) is 0 Å². The minimum atomic E-state index is -1.24. The molecular weight excluding hydrogens is 270 g/mol. The Balaban J connectivity index is 2.67. The van der Waals surface area contributed by atoms with E-state index < -0.39 is 10.9 Å². The first-order chi connectivity index (χ1) is 9.00. The number of benzene rings is 2. The first-order valence-electron chi connectivity index (χ1n) is 5.27. The maximum atomic E-state index is 11.2. The van der Waals surface area contributed by atoms with Crippen molar-refractivity contribution in [3.05, 3.63) is 63.2 Å². The molecule has 0 amide bonds. The number of nitrogens with zero attached hydrogens (tertiary/aromatic N) is 1. The maximum Gasteiger partial charge on any atom is 0.336 e. The molecule has 0 spiro atoms. The van der Waals surface area contributed by atoms with Crippen molar-refractivity contribution in [1.82, 2.24) is 0 Å². The Bertz CT molecular complexity index is 669. The van der Waals surface area contributed by atoms with Crippen LogP contribution in [0.2, 0.25) is 5.02 Å². The molecule has 0 aliphatic rings. The number of hydrogen-bond donors (Lipinski definition) is 1. The Hall–Kier alpha value is -2.40. The van der Waals surface area contributed by atoms with Crippen LogP contribution in [0.25, 0.3) is 11.1 Å². The lowest BCUT2D eigenvalue weighted by molar-refractivity contribution is -0.384. The average Bonchev–Trinajstić information content (AvgIpc) is 2.38. The molecule has 0 unspecified atom stereocenters. The third kappa shape index (κ3) is 2.56. The van der Waals surface area contributed by atoms with Crippen LogP contribution in [0.5, 0.6) is 0 Å². The summed E-state index contributed by atoms with van der Waals surface area (Å²) in [6.07, 6.45) is 0. The van der Waals surface area contributed by atoms with E-state index in [1.165, 1.54) is 12.1 Å². The van der Waals surface area contributed by atoms with Gasteiger partial charge in [0.25, 0.3) is 5.69 Å². The van der Waals surface area contributed by atoms with Gasteiger partial charge < -0.3 is 5.11 Å². The first-order valence-corrected chi connectivity index (χ1v) is 5.65. The summed E-state index contributed by atoms with van der Waals surface area (Å²) in [7, 11) is 0. The van der Waals surface area contributed by atoms with Crippen LogP contribution in [0, 0.1) is 10.1 Å². The number of carbonyl (C=O) groups is 1. The third-order valence-corrected chi connectivity index (χ3v) is 2.94. The third-order valence-electron chi connectivity index (χ3n) is 2.61. The zero-order chi connectivity index (χ0) is 14.0. The number of aromatic carboxylic acids is 1. The average molecular weight is 278 g/mol. The van der Waals surface area contributed by atoms with Gasteiger partial charge in [-0.25, -0.2) is 4.79 Å². The molecule has 0 radical (unpaired) electrons. The van der Waals surface area contributed by atoms with Crippen molar-refractivity contribution in [3.63, 3.8) is 0 Å². The minimum absolute atomic E-state index is 0.151. The smallest absolute Gasteiger partial charge is 0.336 e. The predicted octanol–water partition coefficient (Wildman–Crippen LogP) is 3.61. The van der Waals surface area contributed by atoms with E-state index in [0.29, 0.717) is 16.1 Å². The van der Waals surface area contributed by atoms with E-state index in [1.807, 2.05) is 0 Å². The van der Waals surface area contributed by atoms with E-state index in [9.17, 15) is 14.9 Å². The molecule has 0 aliphatic heterocycles. The summed E-state index contributed by atoms with van der Waals surface area (Å²) in [5.74, 6) is -1.24. The predicted molar refractivity (Wildman–Crippen MR) is 70.5 cm³/mol. The number of hydrogen-bond acceptors (Lipinski definition) is 3. The molecule has 19 heavy (non-hydrogen) atoms. The number of non-ortho nitro benzene ring substituents is 1. The molecule has 2 aromatic carbocycles. The van der Waals surface area contributed by atoms with Crippen molar-refractivity contribution < 1.29 is 14.8 Å². The van der Waals surface area contributed by atoms with E-state index in [4.69, 9.17) is 16.7 Å². The molecule has 0 atom stereocenters. The maximum absolute atomic E-state index is 11.2. The van der Waals surface area contributed by atoms with Crippen LogP contribution >= 0.6 is 11.6 Å². The summed E-state index contributed by atoms with van der Waals surface area (Å²) in [6.45, 7) is 0. The monoisotopic (exact) mass is 277 g/mol. The number of carboxylic acids is 1. The second kappa shape index (κ2) is 5.07. The van der Waals surface area contributed by atoms with Crippen molar-refractivity contribution in [2.24, 2.45) is 0 Å². The van der Waals surface area contributed by atoms with Crippen LogP contribution in [0.1, 0.15) is 10.4 Å². The van der Waals surface area contributed by atoms with E-state index in [-0.39, 0.29) is 11.3 Å². The summed E-state index contributed by atoms with van der Waals surface area (Å²) in [4.78, 5) is 21.3. The zero-order valence-electron chi connectivity index (χ0n) is 9.54. The van der Waals surface area contributed by atoms with Gasteiger partial charge in [0.05, 0.1) is 10.5 Å². The summed E-state index contributed by atoms with van der Waals surface area (Å²) >= 11 is 6.01. The van der Waals surface area contributed by atoms with Crippen LogP contribution < -0.4 is 0 Å². The molecule has 5 nitrogen and oxygen atoms in total. The molecular formula is C13H8ClNO4. The second-order valence-corrected chi connectivity index (χ2v) is 4.18. The highest BCUT2D eigenvalue weighted by Gasteiger charge is 2.18. The van der Waals surface area contributed by atoms with Gasteiger partial charge in [-0.05, 0) is 17.7 Å². The van der Waals surface area contributed by atoms with Gasteiger partial charge in [0.2, 0.25) is 0 Å². The SMILES string of the molecule is O=C(O)c1cc([N+](=O)[O-])ccc1-c1ccccc1Cl. The fraction of sp³-hybridized carbons (Fsp3) is 0. The summed E-state index contributed by atoms with van der Waals surface area (Å²) < 4.78 is 0. The van der Waals surface area contributed by atoms with Gasteiger partial charge in [-0.15, -0.1) is 0 Å². The number of rotatable bonds is 3. The van der Waals surface area contributed by atoms with E-state index in [2.05, 4.69) is 0 Å². The molecule has 0 saturated heterocycles. The normalized spacial score (nSPS) is 10.2. The van der Waals surface area contributed by atoms with Crippen molar-refractivity contribution in [1.29, 1.82) is 0 Å². The van der Waals surface area contributed by atoms with Crippen LogP contribution in [0.15, 0.2) is 42.5 Å². The quantitative estimate of drug-likeness (QED) is 0.686. The summed E-state index contributed by atoms with van der Waals surface area (Å²) in [5, 5.41) is 20.2. The van der Waals surface area contributed by atoms with Crippen LogP contribution in [-0.2, 0) is 0 Å². The number of halogens is 1. The van der Waals surface area contributed by atoms with Gasteiger partial charge in [0.15, 0.2) is 0 Å². The Morgan fingerprint density at radius 1 is 1.16 bits per heavy atom. The van der Waals surface area contributed by atoms with Gasteiger partial charge >= 0.3 is 5.97 Å². The van der Waals surface area contributed by atoms with Crippen LogP contribution in [0.4, 0.5) is 5.69 Å². The zero-order valence-corrected chi connectivity index (χ0v) is 10.3. The lowest BCUT2D eigenvalue weighted by Crippen LogP contribution is -2.01. The van der Waals surface area contributed by atoms with Gasteiger partial charge in [-0.3, -0.25) is 10.1 Å². The highest BCUT2D eigenvalue weighted by atomic mass is 35.5. The highest BCUT2D eigenvalue weighted by Crippen LogP contribution is 2.32. The van der Waals surface area contributed by atoms with Crippen LogP contribution in [-0.4, -0.2) is 16.0 Å². The molecule has 6 heteroatoms. The summed E-state index contributed by atoms with van der Waals surface area (Å²) in [5.41, 5.74) is 0.454. The molecule has 2 aromatic rings. The Morgan fingerprint density at radius 2 is 1.84 bits per heavy atom. The minimum Gasteiger partial charge on any atom is -0.478 e. The molecule has 0 saturated carbocycles. The van der Waals surface area contributed by atoms with E-state index in [1.54, 1.807) is 24.3 Å². The molecule has 1 N–H and O–H groups in total. The van der Waals surface area contributed by atoms with Crippen LogP contribution in [0.3, 0.4) is 0 Å². The molecule has 2 rings (SSSR count). The van der Waals surface area contributed by atoms with Gasteiger partial charge in [0, 0.05) is 22.7 Å². The van der Waals surface area contributed by atoms with Crippen molar-refractivity contribution in [2.45, 2.75) is 0 Å². The molecule has 0 bridgehead atoms.